The van der Waals surface area contributed by atoms with Crippen LogP contribution in [0.2, 0.25) is 0 Å². The summed E-state index contributed by atoms with van der Waals surface area (Å²) in [5.74, 6) is 0. The van der Waals surface area contributed by atoms with Crippen molar-refractivity contribution < 1.29 is 0 Å². The molecule has 0 saturated heterocycles. The first kappa shape index (κ1) is 14.6. The third-order valence-corrected chi connectivity index (χ3v) is 5.11. The van der Waals surface area contributed by atoms with Gasteiger partial charge in [0.1, 0.15) is 0 Å². The number of aromatic amines is 1. The molecule has 1 aromatic heterocycles. The highest BCUT2D eigenvalue weighted by atomic mass is 15.2. The van der Waals surface area contributed by atoms with Gasteiger partial charge in [0.2, 0.25) is 0 Å². The first-order valence-electron chi connectivity index (χ1n) is 7.99. The van der Waals surface area contributed by atoms with E-state index < -0.39 is 0 Å². The Labute approximate surface area is 127 Å². The van der Waals surface area contributed by atoms with E-state index in [2.05, 4.69) is 67.4 Å². The highest BCUT2D eigenvalue weighted by Gasteiger charge is 2.27. The van der Waals surface area contributed by atoms with E-state index >= 15 is 0 Å². The molecule has 1 aliphatic rings. The van der Waals surface area contributed by atoms with Crippen LogP contribution < -0.4 is 5.32 Å². The first-order chi connectivity index (χ1) is 9.99. The van der Waals surface area contributed by atoms with Crippen molar-refractivity contribution in [3.8, 4) is 0 Å². The summed E-state index contributed by atoms with van der Waals surface area (Å²) in [6.07, 6.45) is 3.70. The van der Waals surface area contributed by atoms with E-state index in [1.807, 2.05) is 0 Å². The second-order valence-electron chi connectivity index (χ2n) is 7.10. The monoisotopic (exact) mass is 285 g/mol. The lowest BCUT2D eigenvalue weighted by Crippen LogP contribution is -2.47. The minimum atomic E-state index is 0.170. The molecular formula is C18H27N3. The van der Waals surface area contributed by atoms with Crippen molar-refractivity contribution in [1.82, 2.24) is 15.2 Å². The number of H-pyrrole nitrogens is 1. The van der Waals surface area contributed by atoms with Gasteiger partial charge in [-0.05, 0) is 58.8 Å². The lowest BCUT2D eigenvalue weighted by Gasteiger charge is -2.35. The number of aromatic nitrogens is 1. The van der Waals surface area contributed by atoms with Gasteiger partial charge in [-0.3, -0.25) is 0 Å². The molecule has 0 radical (unpaired) electrons. The number of rotatable bonds is 4. The quantitative estimate of drug-likeness (QED) is 0.901. The minimum Gasteiger partial charge on any atom is -0.357 e. The fraction of sp³-hybridized carbons (Fsp3) is 0.556. The Kier molecular flexibility index (Phi) is 3.80. The average molecular weight is 285 g/mol. The molecule has 3 heteroatoms. The van der Waals surface area contributed by atoms with Crippen LogP contribution in [0.15, 0.2) is 24.3 Å². The lowest BCUT2D eigenvalue weighted by molar-refractivity contribution is 0.182. The molecule has 1 aliphatic carbocycles. The summed E-state index contributed by atoms with van der Waals surface area (Å²) in [6, 6.07) is 9.15. The van der Waals surface area contributed by atoms with E-state index in [0.29, 0.717) is 6.04 Å². The predicted molar refractivity (Wildman–Crippen MR) is 89.7 cm³/mol. The number of hydrogen-bond donors (Lipinski definition) is 2. The molecule has 21 heavy (non-hydrogen) atoms. The molecule has 114 valence electrons. The van der Waals surface area contributed by atoms with E-state index in [-0.39, 0.29) is 5.54 Å². The molecule has 0 fully saturated rings. The summed E-state index contributed by atoms with van der Waals surface area (Å²) in [4.78, 5) is 5.94. The Bertz CT molecular complexity index is 624. The Morgan fingerprint density at radius 3 is 2.81 bits per heavy atom. The molecule has 1 unspecified atom stereocenters. The van der Waals surface area contributed by atoms with Crippen molar-refractivity contribution in [2.75, 3.05) is 20.6 Å². The van der Waals surface area contributed by atoms with E-state index in [1.165, 1.54) is 41.4 Å². The van der Waals surface area contributed by atoms with Gasteiger partial charge in [0.05, 0.1) is 0 Å². The molecule has 2 aromatic rings. The fourth-order valence-electron chi connectivity index (χ4n) is 3.15. The Morgan fingerprint density at radius 2 is 2.05 bits per heavy atom. The summed E-state index contributed by atoms with van der Waals surface area (Å²) in [5.41, 5.74) is 4.39. The van der Waals surface area contributed by atoms with Gasteiger partial charge in [-0.2, -0.15) is 0 Å². The van der Waals surface area contributed by atoms with Crippen LogP contribution in [-0.4, -0.2) is 36.1 Å². The maximum absolute atomic E-state index is 3.79. The molecule has 1 atom stereocenters. The number of nitrogens with zero attached hydrogens (tertiary/aromatic N) is 1. The summed E-state index contributed by atoms with van der Waals surface area (Å²) < 4.78 is 0. The smallest absolute Gasteiger partial charge is 0.0476 e. The normalized spacial score (nSPS) is 19.2. The zero-order chi connectivity index (χ0) is 15.0. The van der Waals surface area contributed by atoms with Crippen LogP contribution in [0.25, 0.3) is 10.9 Å². The van der Waals surface area contributed by atoms with Gasteiger partial charge in [-0.1, -0.05) is 18.2 Å². The summed E-state index contributed by atoms with van der Waals surface area (Å²) in [7, 11) is 4.30. The maximum Gasteiger partial charge on any atom is 0.0476 e. The van der Waals surface area contributed by atoms with Crippen molar-refractivity contribution in [2.45, 2.75) is 44.7 Å². The maximum atomic E-state index is 3.79. The molecule has 0 bridgehead atoms. The number of nitrogens with one attached hydrogen (secondary N) is 2. The summed E-state index contributed by atoms with van der Waals surface area (Å²) in [5, 5.41) is 5.20. The molecule has 1 aromatic carbocycles. The molecule has 0 amide bonds. The predicted octanol–water partition coefficient (Wildman–Crippen LogP) is 3.48. The summed E-state index contributed by atoms with van der Waals surface area (Å²) in [6.45, 7) is 5.57. The van der Waals surface area contributed by atoms with E-state index in [4.69, 9.17) is 0 Å². The van der Waals surface area contributed by atoms with Gasteiger partial charge in [0.15, 0.2) is 0 Å². The van der Waals surface area contributed by atoms with Crippen LogP contribution in [0.1, 0.15) is 44.0 Å². The molecule has 0 aliphatic heterocycles. The Morgan fingerprint density at radius 1 is 1.29 bits per heavy atom. The van der Waals surface area contributed by atoms with Crippen LogP contribution in [0.3, 0.4) is 0 Å². The molecule has 0 saturated carbocycles. The van der Waals surface area contributed by atoms with Crippen LogP contribution in [-0.2, 0) is 6.42 Å². The SMILES string of the molecule is CN(C)C(C)(C)CNC1CCCc2c1[nH]c1ccccc21. The minimum absolute atomic E-state index is 0.170. The van der Waals surface area contributed by atoms with Gasteiger partial charge in [-0.15, -0.1) is 0 Å². The number of likely N-dealkylation sites (N-methyl/N-ethyl adjacent to an activating group) is 1. The van der Waals surface area contributed by atoms with Crippen molar-refractivity contribution >= 4 is 10.9 Å². The number of benzene rings is 1. The molecule has 2 N–H and O–H groups in total. The van der Waals surface area contributed by atoms with E-state index in [0.717, 1.165) is 6.54 Å². The van der Waals surface area contributed by atoms with Gasteiger partial charge in [0.25, 0.3) is 0 Å². The molecule has 3 nitrogen and oxygen atoms in total. The Balaban J connectivity index is 1.84. The van der Waals surface area contributed by atoms with Crippen LogP contribution in [0.4, 0.5) is 0 Å². The zero-order valence-corrected chi connectivity index (χ0v) is 13.7. The Hall–Kier alpha value is -1.32. The molecular weight excluding hydrogens is 258 g/mol. The van der Waals surface area contributed by atoms with Crippen molar-refractivity contribution in [2.24, 2.45) is 0 Å². The molecule has 3 rings (SSSR count). The molecule has 0 spiro atoms. The number of fused-ring (bicyclic) bond motifs is 3. The van der Waals surface area contributed by atoms with Gasteiger partial charge < -0.3 is 15.2 Å². The number of aryl methyl sites for hydroxylation is 1. The molecule has 1 heterocycles. The standard InChI is InChI=1S/C18H27N3/c1-18(2,21(3)4)12-19-16-11-7-9-14-13-8-5-6-10-15(13)20-17(14)16/h5-6,8,10,16,19-20H,7,9,11-12H2,1-4H3. The highest BCUT2D eigenvalue weighted by molar-refractivity contribution is 5.85. The van der Waals surface area contributed by atoms with Crippen LogP contribution >= 0.6 is 0 Å². The van der Waals surface area contributed by atoms with Gasteiger partial charge in [-0.25, -0.2) is 0 Å². The number of hydrogen-bond acceptors (Lipinski definition) is 2. The third-order valence-electron chi connectivity index (χ3n) is 5.11. The third kappa shape index (κ3) is 2.72. The second-order valence-corrected chi connectivity index (χ2v) is 7.10. The topological polar surface area (TPSA) is 31.1 Å². The fourth-order valence-corrected chi connectivity index (χ4v) is 3.15. The van der Waals surface area contributed by atoms with Crippen molar-refractivity contribution in [1.29, 1.82) is 0 Å². The average Bonchev–Trinajstić information content (AvgIpc) is 2.84. The highest BCUT2D eigenvalue weighted by Crippen LogP contribution is 2.34. The lowest BCUT2D eigenvalue weighted by atomic mass is 9.91. The van der Waals surface area contributed by atoms with Crippen molar-refractivity contribution in [3.63, 3.8) is 0 Å². The van der Waals surface area contributed by atoms with E-state index in [1.54, 1.807) is 0 Å². The van der Waals surface area contributed by atoms with Gasteiger partial charge in [0, 0.05) is 34.7 Å². The van der Waals surface area contributed by atoms with Crippen LogP contribution in [0.5, 0.6) is 0 Å². The van der Waals surface area contributed by atoms with E-state index in [9.17, 15) is 0 Å². The second kappa shape index (κ2) is 5.47. The van der Waals surface area contributed by atoms with Gasteiger partial charge >= 0.3 is 0 Å². The van der Waals surface area contributed by atoms with Crippen molar-refractivity contribution in [3.05, 3.63) is 35.5 Å². The van der Waals surface area contributed by atoms with Crippen LogP contribution in [0, 0.1) is 0 Å². The first-order valence-corrected chi connectivity index (χ1v) is 7.99. The zero-order valence-electron chi connectivity index (χ0n) is 13.7. The largest absolute Gasteiger partial charge is 0.357 e. The number of para-hydroxylation sites is 1. The summed E-state index contributed by atoms with van der Waals surface area (Å²) >= 11 is 0.